The first kappa shape index (κ1) is 27.3. The van der Waals surface area contributed by atoms with Gasteiger partial charge in [0.05, 0.1) is 29.1 Å². The first-order valence-electron chi connectivity index (χ1n) is 12.8. The lowest BCUT2D eigenvalue weighted by Gasteiger charge is -2.13. The van der Waals surface area contributed by atoms with Crippen molar-refractivity contribution in [3.05, 3.63) is 51.8 Å². The van der Waals surface area contributed by atoms with Crippen LogP contribution in [0, 0.1) is 0 Å². The summed E-state index contributed by atoms with van der Waals surface area (Å²) in [6.45, 7) is 8.06. The molecular formula is C28H38ClN3O2S. The number of nitrogens with one attached hydrogen (secondary N) is 1. The molecule has 35 heavy (non-hydrogen) atoms. The number of carbonyl (C=O) groups is 1. The van der Waals surface area contributed by atoms with E-state index in [0.29, 0.717) is 18.9 Å². The predicted octanol–water partition coefficient (Wildman–Crippen LogP) is 7.80. The Morgan fingerprint density at radius 2 is 1.74 bits per heavy atom. The van der Waals surface area contributed by atoms with E-state index in [4.69, 9.17) is 21.3 Å². The Hall–Kier alpha value is -2.31. The molecule has 2 aromatic carbocycles. The molecule has 0 unspecified atom stereocenters. The Bertz CT molecular complexity index is 1150. The number of nitrogens with zero attached hydrogens (tertiary/aromatic N) is 2. The Morgan fingerprint density at radius 3 is 2.46 bits per heavy atom. The van der Waals surface area contributed by atoms with Crippen molar-refractivity contribution in [2.75, 3.05) is 18.5 Å². The second-order valence-electron chi connectivity index (χ2n) is 8.95. The molecule has 0 saturated carbocycles. The van der Waals surface area contributed by atoms with Crippen LogP contribution in [0.3, 0.4) is 0 Å². The third-order valence-electron chi connectivity index (χ3n) is 5.86. The fourth-order valence-corrected chi connectivity index (χ4v) is 5.15. The predicted molar refractivity (Wildman–Crippen MR) is 149 cm³/mol. The average Bonchev–Trinajstić information content (AvgIpc) is 3.15. The van der Waals surface area contributed by atoms with Crippen LogP contribution in [0.5, 0.6) is 5.75 Å². The molecule has 0 aliphatic heterocycles. The zero-order chi connectivity index (χ0) is 25.0. The highest BCUT2D eigenvalue weighted by molar-refractivity contribution is 7.16. The van der Waals surface area contributed by atoms with Crippen molar-refractivity contribution in [1.29, 1.82) is 0 Å². The van der Waals surface area contributed by atoms with E-state index >= 15 is 0 Å². The van der Waals surface area contributed by atoms with Gasteiger partial charge in [-0.3, -0.25) is 9.79 Å². The highest BCUT2D eigenvalue weighted by Gasteiger charge is 2.14. The van der Waals surface area contributed by atoms with Crippen LogP contribution < -0.4 is 14.9 Å². The molecule has 190 valence electrons. The summed E-state index contributed by atoms with van der Waals surface area (Å²) < 4.78 is 9.53. The van der Waals surface area contributed by atoms with E-state index in [0.717, 1.165) is 63.5 Å². The third-order valence-corrected chi connectivity index (χ3v) is 7.19. The van der Waals surface area contributed by atoms with Crippen LogP contribution in [0.2, 0.25) is 5.02 Å². The number of fused-ring (bicyclic) bond motifs is 1. The van der Waals surface area contributed by atoms with E-state index in [9.17, 15) is 4.79 Å². The average molecular weight is 516 g/mol. The smallest absolute Gasteiger partial charge is 0.221 e. The summed E-state index contributed by atoms with van der Waals surface area (Å²) in [5, 5.41) is 3.69. The fraction of sp³-hybridized carbons (Fsp3) is 0.500. The van der Waals surface area contributed by atoms with Crippen LogP contribution in [0.4, 0.5) is 5.69 Å². The van der Waals surface area contributed by atoms with Gasteiger partial charge in [-0.2, -0.15) is 0 Å². The molecule has 7 heteroatoms. The van der Waals surface area contributed by atoms with E-state index < -0.39 is 0 Å². The van der Waals surface area contributed by atoms with Crippen molar-refractivity contribution in [2.24, 2.45) is 4.99 Å². The monoisotopic (exact) mass is 515 g/mol. The summed E-state index contributed by atoms with van der Waals surface area (Å²) in [7, 11) is 0. The van der Waals surface area contributed by atoms with Gasteiger partial charge in [0.1, 0.15) is 5.75 Å². The molecule has 3 aromatic rings. The number of thiazole rings is 1. The highest BCUT2D eigenvalue weighted by atomic mass is 35.5. The number of benzene rings is 2. The van der Waals surface area contributed by atoms with Crippen LogP contribution >= 0.6 is 22.9 Å². The minimum Gasteiger partial charge on any atom is -0.491 e. The first-order valence-corrected chi connectivity index (χ1v) is 14.0. The Kier molecular flexibility index (Phi) is 11.1. The SMILES string of the molecule is CCCCCCCCOc1cc2c(cc1NC(C)=O)sc(=NCCCC)n2Cc1ccc(Cl)cc1. The first-order chi connectivity index (χ1) is 17.0. The summed E-state index contributed by atoms with van der Waals surface area (Å²) in [5.41, 5.74) is 2.94. The number of amides is 1. The van der Waals surface area contributed by atoms with Gasteiger partial charge in [0.15, 0.2) is 4.80 Å². The molecule has 0 fully saturated rings. The van der Waals surface area contributed by atoms with Gasteiger partial charge in [-0.1, -0.05) is 87.4 Å². The van der Waals surface area contributed by atoms with Crippen molar-refractivity contribution in [3.8, 4) is 5.75 Å². The minimum absolute atomic E-state index is 0.104. The van der Waals surface area contributed by atoms with Gasteiger partial charge in [-0.15, -0.1) is 0 Å². The molecule has 1 heterocycles. The normalized spacial score (nSPS) is 11.8. The van der Waals surface area contributed by atoms with E-state index in [-0.39, 0.29) is 5.91 Å². The van der Waals surface area contributed by atoms with Crippen molar-refractivity contribution in [3.63, 3.8) is 0 Å². The third kappa shape index (κ3) is 8.39. The Labute approximate surface area is 218 Å². The quantitative estimate of drug-likeness (QED) is 0.222. The zero-order valence-electron chi connectivity index (χ0n) is 21.2. The van der Waals surface area contributed by atoms with Crippen LogP contribution in [0.1, 0.15) is 77.7 Å². The molecule has 0 saturated heterocycles. The maximum Gasteiger partial charge on any atom is 0.221 e. The number of rotatable bonds is 14. The summed E-state index contributed by atoms with van der Waals surface area (Å²) in [5.74, 6) is 0.608. The number of aromatic nitrogens is 1. The molecule has 1 N–H and O–H groups in total. The van der Waals surface area contributed by atoms with Gasteiger partial charge in [0.25, 0.3) is 0 Å². The van der Waals surface area contributed by atoms with Crippen molar-refractivity contribution >= 4 is 44.7 Å². The van der Waals surface area contributed by atoms with Gasteiger partial charge >= 0.3 is 0 Å². The highest BCUT2D eigenvalue weighted by Crippen LogP contribution is 2.33. The zero-order valence-corrected chi connectivity index (χ0v) is 22.8. The summed E-state index contributed by atoms with van der Waals surface area (Å²) in [6, 6.07) is 12.0. The number of ether oxygens (including phenoxy) is 1. The number of hydrogen-bond acceptors (Lipinski definition) is 4. The van der Waals surface area contributed by atoms with Gasteiger partial charge in [-0.05, 0) is 36.6 Å². The van der Waals surface area contributed by atoms with Crippen LogP contribution in [-0.2, 0) is 11.3 Å². The summed E-state index contributed by atoms with van der Waals surface area (Å²) >= 11 is 7.76. The fourth-order valence-electron chi connectivity index (χ4n) is 3.95. The largest absolute Gasteiger partial charge is 0.491 e. The molecule has 5 nitrogen and oxygen atoms in total. The molecule has 1 amide bonds. The number of carbonyl (C=O) groups excluding carboxylic acids is 1. The summed E-state index contributed by atoms with van der Waals surface area (Å²) in [4.78, 5) is 17.8. The molecule has 3 rings (SSSR count). The molecule has 0 aliphatic rings. The van der Waals surface area contributed by atoms with Gasteiger partial charge in [0.2, 0.25) is 5.91 Å². The summed E-state index contributed by atoms with van der Waals surface area (Å²) in [6.07, 6.45) is 9.39. The van der Waals surface area contributed by atoms with E-state index in [1.165, 1.54) is 32.6 Å². The van der Waals surface area contributed by atoms with Gasteiger partial charge < -0.3 is 14.6 Å². The Morgan fingerprint density at radius 1 is 1.03 bits per heavy atom. The minimum atomic E-state index is -0.104. The number of hydrogen-bond donors (Lipinski definition) is 1. The molecule has 0 atom stereocenters. The van der Waals surface area contributed by atoms with Crippen molar-refractivity contribution in [1.82, 2.24) is 4.57 Å². The lowest BCUT2D eigenvalue weighted by Crippen LogP contribution is -2.16. The van der Waals surface area contributed by atoms with Gasteiger partial charge in [0, 0.05) is 24.6 Å². The number of anilines is 1. The maximum absolute atomic E-state index is 11.9. The Balaban J connectivity index is 1.93. The molecular weight excluding hydrogens is 478 g/mol. The molecule has 0 spiro atoms. The standard InChI is InChI=1S/C28H38ClN3O2S/c1-4-6-8-9-10-11-17-34-26-19-25-27(18-24(26)31-21(3)33)35-28(30-16-7-5-2)32(25)20-22-12-14-23(29)15-13-22/h12-15,18-19H,4-11,16-17,20H2,1-3H3,(H,31,33). The van der Waals surface area contributed by atoms with E-state index in [2.05, 4.69) is 41.9 Å². The van der Waals surface area contributed by atoms with E-state index in [1.807, 2.05) is 18.2 Å². The second kappa shape index (κ2) is 14.3. The van der Waals surface area contributed by atoms with Crippen LogP contribution in [-0.4, -0.2) is 23.6 Å². The van der Waals surface area contributed by atoms with Crippen LogP contribution in [0.25, 0.3) is 10.2 Å². The molecule has 0 bridgehead atoms. The second-order valence-corrected chi connectivity index (χ2v) is 10.4. The van der Waals surface area contributed by atoms with Crippen molar-refractivity contribution in [2.45, 2.75) is 78.7 Å². The number of unbranched alkanes of at least 4 members (excludes halogenated alkanes) is 6. The van der Waals surface area contributed by atoms with E-state index in [1.54, 1.807) is 11.3 Å². The maximum atomic E-state index is 11.9. The molecule has 0 radical (unpaired) electrons. The molecule has 1 aromatic heterocycles. The topological polar surface area (TPSA) is 55.6 Å². The van der Waals surface area contributed by atoms with Crippen molar-refractivity contribution < 1.29 is 9.53 Å². The van der Waals surface area contributed by atoms with Crippen LogP contribution in [0.15, 0.2) is 41.4 Å². The van der Waals surface area contributed by atoms with Gasteiger partial charge in [-0.25, -0.2) is 0 Å². The molecule has 0 aliphatic carbocycles. The number of halogens is 1. The lowest BCUT2D eigenvalue weighted by atomic mass is 10.1. The lowest BCUT2D eigenvalue weighted by molar-refractivity contribution is -0.114.